The molecule has 0 saturated carbocycles. The van der Waals surface area contributed by atoms with Crippen LogP contribution in [-0.4, -0.2) is 24.9 Å². The Balaban J connectivity index is 1.54. The van der Waals surface area contributed by atoms with Crippen molar-refractivity contribution in [3.8, 4) is 11.5 Å². The van der Waals surface area contributed by atoms with Crippen LogP contribution in [0, 0.1) is 0 Å². The number of benzene rings is 3. The van der Waals surface area contributed by atoms with E-state index in [4.69, 9.17) is 9.47 Å². The summed E-state index contributed by atoms with van der Waals surface area (Å²) in [6.45, 7) is 1.30. The number of carbonyl (C=O) groups excluding carboxylic acids is 3. The van der Waals surface area contributed by atoms with E-state index in [1.807, 2.05) is 24.3 Å². The van der Waals surface area contributed by atoms with Crippen LogP contribution in [0.25, 0.3) is 0 Å². The molecule has 0 aliphatic rings. The Kier molecular flexibility index (Phi) is 7.59. The number of nitrogens with one attached hydrogen (secondary N) is 2. The van der Waals surface area contributed by atoms with E-state index in [1.54, 1.807) is 49.6 Å². The zero-order chi connectivity index (χ0) is 22.9. The molecule has 2 N–H and O–H groups in total. The van der Waals surface area contributed by atoms with Crippen molar-refractivity contribution in [3.63, 3.8) is 0 Å². The third-order valence-electron chi connectivity index (χ3n) is 4.60. The normalized spacial score (nSPS) is 10.2. The maximum absolute atomic E-state index is 12.5. The van der Waals surface area contributed by atoms with Gasteiger partial charge in [-0.05, 0) is 60.5 Å². The average Bonchev–Trinajstić information content (AvgIpc) is 2.79. The predicted octanol–water partition coefficient (Wildman–Crippen LogP) is 4.44. The largest absolute Gasteiger partial charge is 0.496 e. The van der Waals surface area contributed by atoms with E-state index in [0.29, 0.717) is 35.5 Å². The SMILES string of the molecule is COc1ccccc1CCC(=O)Nc1ccc(NC(=O)c2cccc(OC(C)=O)c2)cc1. The Labute approximate surface area is 186 Å². The Morgan fingerprint density at radius 2 is 1.53 bits per heavy atom. The van der Waals surface area contributed by atoms with Gasteiger partial charge in [0.2, 0.25) is 5.91 Å². The zero-order valence-electron chi connectivity index (χ0n) is 17.9. The van der Waals surface area contributed by atoms with Crippen molar-refractivity contribution in [1.29, 1.82) is 0 Å². The highest BCUT2D eigenvalue weighted by molar-refractivity contribution is 6.04. The van der Waals surface area contributed by atoms with E-state index in [2.05, 4.69) is 10.6 Å². The molecule has 0 heterocycles. The van der Waals surface area contributed by atoms with Crippen LogP contribution in [0.15, 0.2) is 72.8 Å². The second kappa shape index (κ2) is 10.8. The molecule has 0 saturated heterocycles. The first-order valence-corrected chi connectivity index (χ1v) is 10.1. The smallest absolute Gasteiger partial charge is 0.308 e. The minimum atomic E-state index is -0.455. The van der Waals surface area contributed by atoms with Crippen LogP contribution >= 0.6 is 0 Å². The third kappa shape index (κ3) is 6.43. The highest BCUT2D eigenvalue weighted by atomic mass is 16.5. The van der Waals surface area contributed by atoms with Gasteiger partial charge in [-0.25, -0.2) is 0 Å². The summed E-state index contributed by atoms with van der Waals surface area (Å²) in [5, 5.41) is 5.62. The van der Waals surface area contributed by atoms with Crippen molar-refractivity contribution in [3.05, 3.63) is 83.9 Å². The number of hydrogen-bond donors (Lipinski definition) is 2. The molecule has 0 spiro atoms. The summed E-state index contributed by atoms with van der Waals surface area (Å²) in [5.41, 5.74) is 2.53. The molecule has 164 valence electrons. The number of rotatable bonds is 8. The Morgan fingerprint density at radius 1 is 0.844 bits per heavy atom. The molecular weight excluding hydrogens is 408 g/mol. The van der Waals surface area contributed by atoms with Crippen molar-refractivity contribution in [2.45, 2.75) is 19.8 Å². The van der Waals surface area contributed by atoms with Crippen LogP contribution in [0.2, 0.25) is 0 Å². The van der Waals surface area contributed by atoms with Gasteiger partial charge in [0.25, 0.3) is 5.91 Å². The van der Waals surface area contributed by atoms with Gasteiger partial charge in [-0.2, -0.15) is 0 Å². The quantitative estimate of drug-likeness (QED) is 0.405. The molecule has 0 unspecified atom stereocenters. The second-order valence-corrected chi connectivity index (χ2v) is 7.01. The molecule has 7 nitrogen and oxygen atoms in total. The molecule has 0 aliphatic carbocycles. The number of hydrogen-bond acceptors (Lipinski definition) is 5. The maximum Gasteiger partial charge on any atom is 0.308 e. The number of esters is 1. The lowest BCUT2D eigenvalue weighted by Gasteiger charge is -2.10. The van der Waals surface area contributed by atoms with Gasteiger partial charge in [-0.3, -0.25) is 14.4 Å². The van der Waals surface area contributed by atoms with Crippen LogP contribution in [0.3, 0.4) is 0 Å². The van der Waals surface area contributed by atoms with Gasteiger partial charge < -0.3 is 20.1 Å². The minimum absolute atomic E-state index is 0.116. The monoisotopic (exact) mass is 432 g/mol. The van der Waals surface area contributed by atoms with Crippen LogP contribution < -0.4 is 20.1 Å². The van der Waals surface area contributed by atoms with E-state index >= 15 is 0 Å². The van der Waals surface area contributed by atoms with Crippen molar-refractivity contribution < 1.29 is 23.9 Å². The van der Waals surface area contributed by atoms with Gasteiger partial charge in [-0.15, -0.1) is 0 Å². The molecule has 0 radical (unpaired) electrons. The molecule has 0 fully saturated rings. The number of aryl methyl sites for hydroxylation is 1. The number of ether oxygens (including phenoxy) is 2. The average molecular weight is 432 g/mol. The van der Waals surface area contributed by atoms with E-state index in [1.165, 1.54) is 13.0 Å². The lowest BCUT2D eigenvalue weighted by Crippen LogP contribution is -2.14. The number of para-hydroxylation sites is 1. The highest BCUT2D eigenvalue weighted by Gasteiger charge is 2.10. The predicted molar refractivity (Wildman–Crippen MR) is 122 cm³/mol. The van der Waals surface area contributed by atoms with E-state index in [9.17, 15) is 14.4 Å². The number of amides is 2. The summed E-state index contributed by atoms with van der Waals surface area (Å²) in [6.07, 6.45) is 0.883. The molecule has 32 heavy (non-hydrogen) atoms. The highest BCUT2D eigenvalue weighted by Crippen LogP contribution is 2.20. The summed E-state index contributed by atoms with van der Waals surface area (Å²) in [5.74, 6) is 0.154. The molecule has 7 heteroatoms. The number of anilines is 2. The van der Waals surface area contributed by atoms with Gasteiger partial charge in [0.15, 0.2) is 0 Å². The molecule has 0 aliphatic heterocycles. The second-order valence-electron chi connectivity index (χ2n) is 7.01. The molecular formula is C25H24N2O5. The van der Waals surface area contributed by atoms with Gasteiger partial charge >= 0.3 is 5.97 Å². The van der Waals surface area contributed by atoms with Crippen molar-refractivity contribution >= 4 is 29.2 Å². The van der Waals surface area contributed by atoms with E-state index in [0.717, 1.165) is 11.3 Å². The van der Waals surface area contributed by atoms with E-state index in [-0.39, 0.29) is 11.8 Å². The van der Waals surface area contributed by atoms with Crippen molar-refractivity contribution in [1.82, 2.24) is 0 Å². The number of methoxy groups -OCH3 is 1. The Bertz CT molecular complexity index is 1110. The fourth-order valence-corrected chi connectivity index (χ4v) is 3.09. The van der Waals surface area contributed by atoms with Crippen LogP contribution in [0.5, 0.6) is 11.5 Å². The summed E-state index contributed by atoms with van der Waals surface area (Å²) in [4.78, 5) is 35.8. The van der Waals surface area contributed by atoms with Gasteiger partial charge in [0.05, 0.1) is 7.11 Å². The van der Waals surface area contributed by atoms with E-state index < -0.39 is 5.97 Å². The summed E-state index contributed by atoms with van der Waals surface area (Å²) in [6, 6.07) is 20.8. The number of carbonyl (C=O) groups is 3. The summed E-state index contributed by atoms with van der Waals surface area (Å²) in [7, 11) is 1.61. The summed E-state index contributed by atoms with van der Waals surface area (Å²) >= 11 is 0. The molecule has 3 aromatic carbocycles. The molecule has 3 aromatic rings. The topological polar surface area (TPSA) is 93.7 Å². The minimum Gasteiger partial charge on any atom is -0.496 e. The third-order valence-corrected chi connectivity index (χ3v) is 4.60. The fraction of sp³-hybridized carbons (Fsp3) is 0.160. The fourth-order valence-electron chi connectivity index (χ4n) is 3.09. The van der Waals surface area contributed by atoms with Gasteiger partial charge in [-0.1, -0.05) is 24.3 Å². The van der Waals surface area contributed by atoms with Crippen molar-refractivity contribution in [2.24, 2.45) is 0 Å². The van der Waals surface area contributed by atoms with Crippen molar-refractivity contribution in [2.75, 3.05) is 17.7 Å². The van der Waals surface area contributed by atoms with Gasteiger partial charge in [0, 0.05) is 30.3 Å². The molecule has 0 bridgehead atoms. The summed E-state index contributed by atoms with van der Waals surface area (Å²) < 4.78 is 10.3. The molecule has 3 rings (SSSR count). The Hall–Kier alpha value is -4.13. The van der Waals surface area contributed by atoms with Gasteiger partial charge in [0.1, 0.15) is 11.5 Å². The van der Waals surface area contributed by atoms with Crippen LogP contribution in [0.1, 0.15) is 29.3 Å². The first-order valence-electron chi connectivity index (χ1n) is 10.1. The Morgan fingerprint density at radius 3 is 2.22 bits per heavy atom. The maximum atomic E-state index is 12.5. The lowest BCUT2D eigenvalue weighted by molar-refractivity contribution is -0.131. The first kappa shape index (κ1) is 22.6. The molecule has 0 aromatic heterocycles. The lowest BCUT2D eigenvalue weighted by atomic mass is 10.1. The standard InChI is InChI=1S/C25H24N2O5/c1-17(28)32-22-8-5-7-19(16-22)25(30)27-21-13-11-20(12-14-21)26-24(29)15-10-18-6-3-4-9-23(18)31-2/h3-9,11-14,16H,10,15H2,1-2H3,(H,26,29)(H,27,30). The zero-order valence-corrected chi connectivity index (χ0v) is 17.9. The molecule has 2 amide bonds. The molecule has 0 atom stereocenters. The van der Waals surface area contributed by atoms with Crippen LogP contribution in [-0.2, 0) is 16.0 Å². The van der Waals surface area contributed by atoms with Crippen LogP contribution in [0.4, 0.5) is 11.4 Å². The first-order chi connectivity index (χ1) is 15.4.